The smallest absolute Gasteiger partial charge is 0.167 e. The molecule has 61 heavy (non-hydrogen) atoms. The first kappa shape index (κ1) is 34.8. The number of aromatic nitrogens is 3. The van der Waals surface area contributed by atoms with Gasteiger partial charge in [-0.25, -0.2) is 15.0 Å². The van der Waals surface area contributed by atoms with Crippen LogP contribution in [0.4, 0.5) is 0 Å². The van der Waals surface area contributed by atoms with Crippen LogP contribution in [0.3, 0.4) is 0 Å². The van der Waals surface area contributed by atoms with Gasteiger partial charge in [0.25, 0.3) is 0 Å². The highest BCUT2D eigenvalue weighted by Gasteiger charge is 2.22. The lowest BCUT2D eigenvalue weighted by Gasteiger charge is -2.16. The third kappa shape index (κ3) is 5.96. The van der Waals surface area contributed by atoms with Gasteiger partial charge < -0.3 is 4.42 Å². The Morgan fingerprint density at radius 3 is 1.64 bits per heavy atom. The van der Waals surface area contributed by atoms with E-state index in [9.17, 15) is 0 Å². The standard InChI is InChI=1S/C57H35N3O/c1-2-13-36(14-3-1)38-25-28-40(29-26-38)43-33-34-50(47-20-9-8-19-46(43)47)55-58-56(51-23-12-22-49-48-21-10-11-24-52(48)61-54(49)51)60-57(59-55)53-44-18-7-6-16-39(44)31-32-45(53)42-30-27-37-15-4-5-17-41(37)35-42/h1-35H. The highest BCUT2D eigenvalue weighted by molar-refractivity contribution is 6.10. The van der Waals surface area contributed by atoms with Crippen molar-refractivity contribution >= 4 is 54.3 Å². The Morgan fingerprint density at radius 1 is 0.279 bits per heavy atom. The van der Waals surface area contributed by atoms with Crippen molar-refractivity contribution in [1.29, 1.82) is 0 Å². The van der Waals surface area contributed by atoms with Gasteiger partial charge in [0.2, 0.25) is 0 Å². The lowest BCUT2D eigenvalue weighted by Crippen LogP contribution is -2.02. The lowest BCUT2D eigenvalue weighted by molar-refractivity contribution is 0.669. The molecule has 0 saturated heterocycles. The van der Waals surface area contributed by atoms with Gasteiger partial charge in [-0.05, 0) is 90.0 Å². The largest absolute Gasteiger partial charge is 0.455 e. The van der Waals surface area contributed by atoms with Crippen molar-refractivity contribution in [3.05, 3.63) is 212 Å². The number of nitrogens with zero attached hydrogens (tertiary/aromatic N) is 3. The molecular weight excluding hydrogens is 743 g/mol. The van der Waals surface area contributed by atoms with Crippen LogP contribution in [0.25, 0.3) is 122 Å². The maximum atomic E-state index is 6.60. The van der Waals surface area contributed by atoms with Crippen LogP contribution in [0.1, 0.15) is 0 Å². The summed E-state index contributed by atoms with van der Waals surface area (Å²) in [6, 6.07) is 74.7. The van der Waals surface area contributed by atoms with Gasteiger partial charge in [0.15, 0.2) is 17.5 Å². The summed E-state index contributed by atoms with van der Waals surface area (Å²) in [6.45, 7) is 0. The SMILES string of the molecule is c1ccc(-c2ccc(-c3ccc(-c4nc(-c5c(-c6ccc7ccccc7c6)ccc6ccccc56)nc(-c5cccc6c5oc5ccccc56)n4)c4ccccc34)cc2)cc1. The molecule has 12 aromatic rings. The van der Waals surface area contributed by atoms with E-state index in [1.165, 1.54) is 21.9 Å². The van der Waals surface area contributed by atoms with Crippen molar-refractivity contribution in [2.75, 3.05) is 0 Å². The van der Waals surface area contributed by atoms with Crippen LogP contribution in [0.5, 0.6) is 0 Å². The van der Waals surface area contributed by atoms with Crippen LogP contribution in [0, 0.1) is 0 Å². The normalized spacial score (nSPS) is 11.6. The fraction of sp³-hybridized carbons (Fsp3) is 0. The number of furan rings is 1. The molecule has 0 amide bonds. The molecule has 0 radical (unpaired) electrons. The quantitative estimate of drug-likeness (QED) is 0.169. The number of hydrogen-bond donors (Lipinski definition) is 0. The first-order valence-corrected chi connectivity index (χ1v) is 20.6. The molecule has 0 aliphatic rings. The third-order valence-electron chi connectivity index (χ3n) is 12.0. The second-order valence-corrected chi connectivity index (χ2v) is 15.5. The van der Waals surface area contributed by atoms with Gasteiger partial charge in [-0.1, -0.05) is 188 Å². The Bertz CT molecular complexity index is 3650. The molecule has 0 aliphatic heterocycles. The summed E-state index contributed by atoms with van der Waals surface area (Å²) < 4.78 is 6.60. The van der Waals surface area contributed by atoms with Gasteiger partial charge in [0, 0.05) is 21.9 Å². The predicted octanol–water partition coefficient (Wildman–Crippen LogP) is 15.2. The Kier molecular flexibility index (Phi) is 8.13. The van der Waals surface area contributed by atoms with Crippen molar-refractivity contribution < 1.29 is 4.42 Å². The number of para-hydroxylation sites is 2. The van der Waals surface area contributed by atoms with Crippen molar-refractivity contribution in [1.82, 2.24) is 15.0 Å². The van der Waals surface area contributed by atoms with Gasteiger partial charge in [-0.15, -0.1) is 0 Å². The summed E-state index contributed by atoms with van der Waals surface area (Å²) in [5.41, 5.74) is 11.1. The van der Waals surface area contributed by atoms with Crippen molar-refractivity contribution in [2.45, 2.75) is 0 Å². The Morgan fingerprint density at radius 2 is 0.820 bits per heavy atom. The molecule has 284 valence electrons. The zero-order chi connectivity index (χ0) is 40.3. The zero-order valence-electron chi connectivity index (χ0n) is 33.0. The van der Waals surface area contributed by atoms with Crippen LogP contribution in [0.15, 0.2) is 217 Å². The van der Waals surface area contributed by atoms with Crippen LogP contribution in [-0.4, -0.2) is 15.0 Å². The lowest BCUT2D eigenvalue weighted by atomic mass is 9.92. The highest BCUT2D eigenvalue weighted by Crippen LogP contribution is 2.42. The molecule has 0 saturated carbocycles. The molecule has 0 unspecified atom stereocenters. The zero-order valence-corrected chi connectivity index (χ0v) is 33.0. The van der Waals surface area contributed by atoms with E-state index in [2.05, 4.69) is 194 Å². The topological polar surface area (TPSA) is 51.8 Å². The third-order valence-corrected chi connectivity index (χ3v) is 12.0. The van der Waals surface area contributed by atoms with Crippen LogP contribution in [0.2, 0.25) is 0 Å². The van der Waals surface area contributed by atoms with E-state index in [1.54, 1.807) is 0 Å². The van der Waals surface area contributed by atoms with E-state index in [0.29, 0.717) is 17.5 Å². The minimum Gasteiger partial charge on any atom is -0.455 e. The maximum Gasteiger partial charge on any atom is 0.167 e. The fourth-order valence-electron chi connectivity index (χ4n) is 8.98. The molecule has 12 rings (SSSR count). The van der Waals surface area contributed by atoms with Gasteiger partial charge in [-0.3, -0.25) is 0 Å². The number of hydrogen-bond acceptors (Lipinski definition) is 4. The van der Waals surface area contributed by atoms with E-state index < -0.39 is 0 Å². The average Bonchev–Trinajstić information content (AvgIpc) is 3.72. The summed E-state index contributed by atoms with van der Waals surface area (Å²) >= 11 is 0. The first-order chi connectivity index (χ1) is 30.2. The summed E-state index contributed by atoms with van der Waals surface area (Å²) in [7, 11) is 0. The second-order valence-electron chi connectivity index (χ2n) is 15.5. The first-order valence-electron chi connectivity index (χ1n) is 20.6. The van der Waals surface area contributed by atoms with Gasteiger partial charge in [0.1, 0.15) is 11.2 Å². The maximum absolute atomic E-state index is 6.60. The molecule has 0 N–H and O–H groups in total. The summed E-state index contributed by atoms with van der Waals surface area (Å²) in [6.07, 6.45) is 0. The molecule has 0 bridgehead atoms. The number of benzene rings is 10. The summed E-state index contributed by atoms with van der Waals surface area (Å²) in [5.74, 6) is 1.73. The van der Waals surface area contributed by atoms with Crippen LogP contribution in [-0.2, 0) is 0 Å². The van der Waals surface area contributed by atoms with E-state index >= 15 is 0 Å². The fourth-order valence-corrected chi connectivity index (χ4v) is 8.98. The molecule has 2 aromatic heterocycles. The molecule has 2 heterocycles. The second kappa shape index (κ2) is 14.3. The van der Waals surface area contributed by atoms with E-state index in [0.717, 1.165) is 82.4 Å². The number of rotatable bonds is 6. The minimum atomic E-state index is 0.548. The van der Waals surface area contributed by atoms with Crippen LogP contribution >= 0.6 is 0 Å². The molecule has 0 spiro atoms. The van der Waals surface area contributed by atoms with Crippen molar-refractivity contribution in [3.8, 4) is 67.5 Å². The molecule has 4 nitrogen and oxygen atoms in total. The molecule has 0 atom stereocenters. The van der Waals surface area contributed by atoms with E-state index in [1.807, 2.05) is 18.2 Å². The molecule has 0 fully saturated rings. The summed E-state index contributed by atoms with van der Waals surface area (Å²) in [5, 5.41) is 8.80. The van der Waals surface area contributed by atoms with E-state index in [-0.39, 0.29) is 0 Å². The molecule has 10 aromatic carbocycles. The Balaban J connectivity index is 1.11. The average molecular weight is 778 g/mol. The predicted molar refractivity (Wildman–Crippen MR) is 252 cm³/mol. The Labute approximate surface area is 352 Å². The highest BCUT2D eigenvalue weighted by atomic mass is 16.3. The van der Waals surface area contributed by atoms with E-state index in [4.69, 9.17) is 19.4 Å². The van der Waals surface area contributed by atoms with Gasteiger partial charge in [-0.2, -0.15) is 0 Å². The summed E-state index contributed by atoms with van der Waals surface area (Å²) in [4.78, 5) is 16.2. The molecular formula is C57H35N3O. The van der Waals surface area contributed by atoms with Gasteiger partial charge >= 0.3 is 0 Å². The van der Waals surface area contributed by atoms with Crippen molar-refractivity contribution in [2.24, 2.45) is 0 Å². The monoisotopic (exact) mass is 777 g/mol. The van der Waals surface area contributed by atoms with Gasteiger partial charge in [0.05, 0.1) is 5.56 Å². The van der Waals surface area contributed by atoms with Crippen LogP contribution < -0.4 is 0 Å². The molecule has 0 aliphatic carbocycles. The van der Waals surface area contributed by atoms with Crippen molar-refractivity contribution in [3.63, 3.8) is 0 Å². The Hall–Kier alpha value is -8.21. The minimum absolute atomic E-state index is 0.548. The molecule has 4 heteroatoms. The number of fused-ring (bicyclic) bond motifs is 6.